The van der Waals surface area contributed by atoms with Crippen molar-refractivity contribution in [1.82, 2.24) is 9.58 Å². The predicted molar refractivity (Wildman–Crippen MR) is 131 cm³/mol. The molecule has 0 aliphatic carbocycles. The molecule has 1 aromatic carbocycles. The average molecular weight is 470 g/mol. The Morgan fingerprint density at radius 1 is 1.28 bits per heavy atom. The lowest BCUT2D eigenvalue weighted by atomic mass is 10.1. The average Bonchev–Trinajstić information content (AvgIpc) is 3.24. The van der Waals surface area contributed by atoms with Crippen molar-refractivity contribution >= 4 is 51.4 Å². The number of thioether (sulfide) groups is 1. The number of carbonyl (C=O) groups excluding carboxylic acids is 1. The summed E-state index contributed by atoms with van der Waals surface area (Å²) in [7, 11) is 1.58. The van der Waals surface area contributed by atoms with Crippen LogP contribution in [0.25, 0.3) is 11.8 Å². The summed E-state index contributed by atoms with van der Waals surface area (Å²) in [5.74, 6) is 0.659. The SMILES string of the molecule is COc1ccc(-n2c(C)cc(/C=C3\C(=N)N4N=C(CC(C)C)SC4=NC3=O)c2C)cc1Cl. The number of halogens is 1. The largest absolute Gasteiger partial charge is 0.495 e. The topological polar surface area (TPSA) is 83.0 Å². The third-order valence-corrected chi connectivity index (χ3v) is 6.47. The highest BCUT2D eigenvalue weighted by Gasteiger charge is 2.35. The Labute approximate surface area is 196 Å². The summed E-state index contributed by atoms with van der Waals surface area (Å²) in [6.45, 7) is 8.16. The standard InChI is InChI=1S/C23H24ClN5O2S/c1-12(2)8-20-27-29-21(25)17(22(30)26-23(29)32-20)10-15-9-13(3)28(14(15)4)16-6-7-19(31-5)18(24)11-16/h6-7,9-12,25H,8H2,1-5H3/b17-10+,25-21?. The van der Waals surface area contributed by atoms with Crippen LogP contribution in [-0.4, -0.2) is 38.6 Å². The van der Waals surface area contributed by atoms with Gasteiger partial charge < -0.3 is 9.30 Å². The van der Waals surface area contributed by atoms with Gasteiger partial charge in [-0.2, -0.15) is 15.1 Å². The molecule has 3 heterocycles. The van der Waals surface area contributed by atoms with Crippen molar-refractivity contribution in [1.29, 1.82) is 5.41 Å². The summed E-state index contributed by atoms with van der Waals surface area (Å²) < 4.78 is 7.30. The summed E-state index contributed by atoms with van der Waals surface area (Å²) in [5.41, 5.74) is 3.84. The second kappa shape index (κ2) is 8.60. The maximum absolute atomic E-state index is 12.7. The zero-order valence-corrected chi connectivity index (χ0v) is 20.1. The highest BCUT2D eigenvalue weighted by molar-refractivity contribution is 8.26. The number of hydrogen-bond donors (Lipinski definition) is 1. The third kappa shape index (κ3) is 4.00. The van der Waals surface area contributed by atoms with Gasteiger partial charge in [0.2, 0.25) is 5.17 Å². The maximum atomic E-state index is 12.7. The molecule has 0 bridgehead atoms. The number of ether oxygens (including phenoxy) is 1. The molecule has 7 nitrogen and oxygen atoms in total. The lowest BCUT2D eigenvalue weighted by Gasteiger charge is -2.20. The van der Waals surface area contributed by atoms with Crippen LogP contribution in [0.5, 0.6) is 5.75 Å². The molecule has 0 fully saturated rings. The molecule has 2 aliphatic heterocycles. The molecule has 32 heavy (non-hydrogen) atoms. The van der Waals surface area contributed by atoms with E-state index in [1.54, 1.807) is 13.2 Å². The Hall–Kier alpha value is -2.84. The second-order valence-corrected chi connectivity index (χ2v) is 9.54. The van der Waals surface area contributed by atoms with Crippen LogP contribution in [0.4, 0.5) is 0 Å². The van der Waals surface area contributed by atoms with Crippen molar-refractivity contribution in [2.45, 2.75) is 34.1 Å². The van der Waals surface area contributed by atoms with Crippen LogP contribution in [-0.2, 0) is 4.79 Å². The smallest absolute Gasteiger partial charge is 0.283 e. The molecule has 0 unspecified atom stereocenters. The van der Waals surface area contributed by atoms with E-state index in [-0.39, 0.29) is 11.4 Å². The first-order valence-electron chi connectivity index (χ1n) is 10.2. The third-order valence-electron chi connectivity index (χ3n) is 5.24. The molecule has 0 saturated carbocycles. The summed E-state index contributed by atoms with van der Waals surface area (Å²) >= 11 is 7.68. The van der Waals surface area contributed by atoms with Gasteiger partial charge in [-0.05, 0) is 67.4 Å². The fraction of sp³-hybridized carbons (Fsp3) is 0.304. The van der Waals surface area contributed by atoms with Gasteiger partial charge in [-0.1, -0.05) is 25.4 Å². The van der Waals surface area contributed by atoms with Gasteiger partial charge in [0, 0.05) is 23.5 Å². The van der Waals surface area contributed by atoms with Gasteiger partial charge in [0.25, 0.3) is 5.91 Å². The number of hydrazone groups is 1. The van der Waals surface area contributed by atoms with Crippen LogP contribution in [0, 0.1) is 25.2 Å². The Balaban J connectivity index is 1.70. The Morgan fingerprint density at radius 3 is 2.69 bits per heavy atom. The number of fused-ring (bicyclic) bond motifs is 1. The lowest BCUT2D eigenvalue weighted by molar-refractivity contribution is -0.114. The van der Waals surface area contributed by atoms with Crippen molar-refractivity contribution in [3.63, 3.8) is 0 Å². The number of rotatable bonds is 5. The minimum absolute atomic E-state index is 0.0450. The van der Waals surface area contributed by atoms with Gasteiger partial charge in [0.1, 0.15) is 10.8 Å². The van der Waals surface area contributed by atoms with E-state index in [0.29, 0.717) is 21.9 Å². The van der Waals surface area contributed by atoms with E-state index >= 15 is 0 Å². The number of amides is 1. The number of nitrogens with zero attached hydrogens (tertiary/aromatic N) is 4. The highest BCUT2D eigenvalue weighted by Crippen LogP contribution is 2.32. The lowest BCUT2D eigenvalue weighted by Crippen LogP contribution is -2.35. The summed E-state index contributed by atoms with van der Waals surface area (Å²) in [5, 5.41) is 16.4. The summed E-state index contributed by atoms with van der Waals surface area (Å²) in [6, 6.07) is 7.57. The summed E-state index contributed by atoms with van der Waals surface area (Å²) in [4.78, 5) is 16.9. The normalized spacial score (nSPS) is 17.2. The first-order chi connectivity index (χ1) is 15.2. The van der Waals surface area contributed by atoms with Crippen molar-refractivity contribution in [2.75, 3.05) is 7.11 Å². The fourth-order valence-corrected chi connectivity index (χ4v) is 5.09. The molecule has 1 N–H and O–H groups in total. The van der Waals surface area contributed by atoms with E-state index in [4.69, 9.17) is 21.7 Å². The van der Waals surface area contributed by atoms with E-state index in [2.05, 4.69) is 23.9 Å². The second-order valence-electron chi connectivity index (χ2n) is 8.09. The van der Waals surface area contributed by atoms with Gasteiger partial charge in [-0.15, -0.1) is 0 Å². The molecule has 4 rings (SSSR count). The molecule has 1 amide bonds. The Bertz CT molecular complexity index is 1230. The zero-order chi connectivity index (χ0) is 23.2. The van der Waals surface area contributed by atoms with E-state index < -0.39 is 5.91 Å². The van der Waals surface area contributed by atoms with Crippen LogP contribution in [0.2, 0.25) is 5.02 Å². The molecule has 0 radical (unpaired) electrons. The Kier molecular flexibility index (Phi) is 6.01. The van der Waals surface area contributed by atoms with Crippen molar-refractivity contribution in [3.05, 3.63) is 51.8 Å². The highest BCUT2D eigenvalue weighted by atomic mass is 35.5. The molecular weight excluding hydrogens is 446 g/mol. The first kappa shape index (κ1) is 22.4. The van der Waals surface area contributed by atoms with E-state index in [0.717, 1.165) is 34.1 Å². The number of carbonyl (C=O) groups is 1. The van der Waals surface area contributed by atoms with Gasteiger partial charge in [-0.25, -0.2) is 0 Å². The number of benzene rings is 1. The van der Waals surface area contributed by atoms with Crippen LogP contribution < -0.4 is 4.74 Å². The van der Waals surface area contributed by atoms with Crippen LogP contribution in [0.3, 0.4) is 0 Å². The number of aromatic nitrogens is 1. The van der Waals surface area contributed by atoms with Gasteiger partial charge in [-0.3, -0.25) is 10.2 Å². The number of methoxy groups -OCH3 is 1. The van der Waals surface area contributed by atoms with Crippen molar-refractivity contribution in [3.8, 4) is 11.4 Å². The monoisotopic (exact) mass is 469 g/mol. The van der Waals surface area contributed by atoms with E-state index in [1.165, 1.54) is 16.8 Å². The molecule has 0 saturated heterocycles. The maximum Gasteiger partial charge on any atom is 0.283 e. The molecule has 9 heteroatoms. The van der Waals surface area contributed by atoms with Crippen LogP contribution in [0.1, 0.15) is 37.2 Å². The summed E-state index contributed by atoms with van der Waals surface area (Å²) in [6.07, 6.45) is 2.50. The number of hydrogen-bond acceptors (Lipinski definition) is 5. The van der Waals surface area contributed by atoms with Gasteiger partial charge in [0.05, 0.1) is 17.7 Å². The van der Waals surface area contributed by atoms with Crippen LogP contribution >= 0.6 is 23.4 Å². The fourth-order valence-electron chi connectivity index (χ4n) is 3.74. The molecule has 166 valence electrons. The molecule has 0 spiro atoms. The van der Waals surface area contributed by atoms with E-state index in [9.17, 15) is 4.79 Å². The Morgan fingerprint density at radius 2 is 2.03 bits per heavy atom. The van der Waals surface area contributed by atoms with Crippen LogP contribution in [0.15, 0.2) is 39.9 Å². The quantitative estimate of drug-likeness (QED) is 0.592. The molecule has 1 aromatic heterocycles. The van der Waals surface area contributed by atoms with Crippen molar-refractivity contribution < 1.29 is 9.53 Å². The number of aryl methyl sites for hydroxylation is 1. The van der Waals surface area contributed by atoms with Gasteiger partial charge in [0.15, 0.2) is 5.84 Å². The minimum atomic E-state index is -0.424. The zero-order valence-electron chi connectivity index (χ0n) is 18.6. The first-order valence-corrected chi connectivity index (χ1v) is 11.4. The van der Waals surface area contributed by atoms with Crippen molar-refractivity contribution in [2.24, 2.45) is 16.0 Å². The molecule has 0 atom stereocenters. The number of amidine groups is 2. The van der Waals surface area contributed by atoms with E-state index in [1.807, 2.05) is 42.7 Å². The molecular formula is C23H24ClN5O2S. The number of nitrogens with one attached hydrogen (secondary N) is 1. The predicted octanol–water partition coefficient (Wildman–Crippen LogP) is 5.42. The molecule has 2 aromatic rings. The van der Waals surface area contributed by atoms with Gasteiger partial charge >= 0.3 is 0 Å². The molecule has 2 aliphatic rings. The number of aliphatic imine (C=N–C) groups is 1. The minimum Gasteiger partial charge on any atom is -0.495 e.